The van der Waals surface area contributed by atoms with Gasteiger partial charge in [-0.25, -0.2) is 0 Å². The molecule has 0 aliphatic heterocycles. The Morgan fingerprint density at radius 1 is 1.44 bits per heavy atom. The lowest BCUT2D eigenvalue weighted by Crippen LogP contribution is -2.53. The lowest BCUT2D eigenvalue weighted by Gasteiger charge is -2.30. The topological polar surface area (TPSA) is 63.3 Å². The average molecular weight is 221 g/mol. The number of aliphatic carboxylic acids is 1. The minimum Gasteiger partial charge on any atom is -0.480 e. The van der Waals surface area contributed by atoms with E-state index in [2.05, 4.69) is 0 Å². The smallest absolute Gasteiger partial charge is 0.323 e. The van der Waals surface area contributed by atoms with Crippen molar-refractivity contribution in [3.63, 3.8) is 0 Å². The first-order valence-corrected chi connectivity index (χ1v) is 5.57. The van der Waals surface area contributed by atoms with Crippen LogP contribution in [0.5, 0.6) is 0 Å². The monoisotopic (exact) mass is 221 g/mol. The fourth-order valence-electron chi connectivity index (χ4n) is 1.86. The fraction of sp³-hybridized carbons (Fsp3) is 0.462. The van der Waals surface area contributed by atoms with Gasteiger partial charge in [0.15, 0.2) is 0 Å². The molecule has 0 saturated heterocycles. The van der Waals surface area contributed by atoms with Gasteiger partial charge in [-0.15, -0.1) is 0 Å². The van der Waals surface area contributed by atoms with E-state index < -0.39 is 11.5 Å². The molecule has 0 bridgehead atoms. The molecule has 0 fully saturated rings. The van der Waals surface area contributed by atoms with Gasteiger partial charge in [0.1, 0.15) is 5.54 Å². The number of hydrogen-bond donors (Lipinski definition) is 2. The molecule has 1 rings (SSSR count). The second-order valence-electron chi connectivity index (χ2n) is 4.29. The number of carboxylic acids is 1. The van der Waals surface area contributed by atoms with Crippen molar-refractivity contribution in [2.75, 3.05) is 0 Å². The van der Waals surface area contributed by atoms with E-state index in [9.17, 15) is 4.79 Å². The van der Waals surface area contributed by atoms with Crippen LogP contribution in [-0.4, -0.2) is 16.6 Å². The van der Waals surface area contributed by atoms with Crippen molar-refractivity contribution < 1.29 is 9.90 Å². The van der Waals surface area contributed by atoms with E-state index in [-0.39, 0.29) is 5.92 Å². The van der Waals surface area contributed by atoms with Gasteiger partial charge < -0.3 is 10.8 Å². The summed E-state index contributed by atoms with van der Waals surface area (Å²) in [6, 6.07) is 9.84. The van der Waals surface area contributed by atoms with Crippen molar-refractivity contribution in [3.8, 4) is 0 Å². The number of nitrogens with two attached hydrogens (primary N) is 1. The lowest BCUT2D eigenvalue weighted by molar-refractivity contribution is -0.145. The molecule has 2 unspecified atom stereocenters. The molecule has 0 aliphatic rings. The third-order valence-corrected chi connectivity index (χ3v) is 3.25. The lowest BCUT2D eigenvalue weighted by atomic mass is 9.80. The predicted molar refractivity (Wildman–Crippen MR) is 64.2 cm³/mol. The summed E-state index contributed by atoms with van der Waals surface area (Å²) >= 11 is 0. The van der Waals surface area contributed by atoms with Crippen molar-refractivity contribution in [1.82, 2.24) is 0 Å². The quantitative estimate of drug-likeness (QED) is 0.800. The first-order chi connectivity index (χ1) is 7.50. The maximum absolute atomic E-state index is 11.2. The molecule has 0 radical (unpaired) electrons. The van der Waals surface area contributed by atoms with Crippen LogP contribution in [0.15, 0.2) is 30.3 Å². The van der Waals surface area contributed by atoms with E-state index in [4.69, 9.17) is 10.8 Å². The van der Waals surface area contributed by atoms with Crippen LogP contribution in [0.3, 0.4) is 0 Å². The van der Waals surface area contributed by atoms with Crippen LogP contribution in [0, 0.1) is 5.92 Å². The molecule has 0 heterocycles. The van der Waals surface area contributed by atoms with Gasteiger partial charge in [-0.2, -0.15) is 0 Å². The largest absolute Gasteiger partial charge is 0.480 e. The van der Waals surface area contributed by atoms with Crippen LogP contribution in [0.25, 0.3) is 0 Å². The molecule has 0 aromatic heterocycles. The van der Waals surface area contributed by atoms with Crippen molar-refractivity contribution in [2.45, 2.75) is 32.2 Å². The summed E-state index contributed by atoms with van der Waals surface area (Å²) in [4.78, 5) is 11.2. The van der Waals surface area contributed by atoms with E-state index >= 15 is 0 Å². The second-order valence-corrected chi connectivity index (χ2v) is 4.29. The highest BCUT2D eigenvalue weighted by Gasteiger charge is 2.37. The molecule has 0 amide bonds. The molecule has 3 nitrogen and oxygen atoms in total. The highest BCUT2D eigenvalue weighted by atomic mass is 16.4. The van der Waals surface area contributed by atoms with Crippen LogP contribution in [0.1, 0.15) is 25.8 Å². The highest BCUT2D eigenvalue weighted by molar-refractivity contribution is 5.78. The molecule has 2 atom stereocenters. The van der Waals surface area contributed by atoms with Crippen LogP contribution < -0.4 is 5.73 Å². The molecule has 0 saturated carbocycles. The number of rotatable bonds is 5. The van der Waals surface area contributed by atoms with Gasteiger partial charge in [-0.05, 0) is 24.3 Å². The molecular formula is C13H19NO2. The zero-order valence-corrected chi connectivity index (χ0v) is 9.81. The standard InChI is InChI=1S/C13H19NO2/c1-3-13(14,12(15)16)10(2)9-11-7-5-4-6-8-11/h4-8,10H,3,9,14H2,1-2H3,(H,15,16). The third kappa shape index (κ3) is 2.61. The van der Waals surface area contributed by atoms with E-state index in [0.717, 1.165) is 5.56 Å². The predicted octanol–water partition coefficient (Wildman–Crippen LogP) is 2.06. The Kier molecular flexibility index (Phi) is 4.07. The molecule has 1 aromatic carbocycles. The SMILES string of the molecule is CCC(N)(C(=O)O)C(C)Cc1ccccc1. The normalized spacial score (nSPS) is 16.4. The van der Waals surface area contributed by atoms with Gasteiger partial charge in [0, 0.05) is 0 Å². The Morgan fingerprint density at radius 3 is 2.44 bits per heavy atom. The van der Waals surface area contributed by atoms with Gasteiger partial charge in [-0.3, -0.25) is 4.79 Å². The maximum Gasteiger partial charge on any atom is 0.323 e. The number of carboxylic acid groups (broad SMARTS) is 1. The Balaban J connectivity index is 2.78. The highest BCUT2D eigenvalue weighted by Crippen LogP contribution is 2.22. The average Bonchev–Trinajstić information content (AvgIpc) is 2.28. The Labute approximate surface area is 96.3 Å². The fourth-order valence-corrected chi connectivity index (χ4v) is 1.86. The zero-order valence-electron chi connectivity index (χ0n) is 9.81. The van der Waals surface area contributed by atoms with Gasteiger partial charge in [0.2, 0.25) is 0 Å². The van der Waals surface area contributed by atoms with E-state index in [1.807, 2.05) is 44.2 Å². The van der Waals surface area contributed by atoms with Gasteiger partial charge in [0.25, 0.3) is 0 Å². The summed E-state index contributed by atoms with van der Waals surface area (Å²) in [5.74, 6) is -1.00. The summed E-state index contributed by atoms with van der Waals surface area (Å²) in [6.07, 6.45) is 1.13. The summed E-state index contributed by atoms with van der Waals surface area (Å²) < 4.78 is 0. The minimum atomic E-state index is -1.13. The third-order valence-electron chi connectivity index (χ3n) is 3.25. The second kappa shape index (κ2) is 5.12. The van der Waals surface area contributed by atoms with Gasteiger partial charge >= 0.3 is 5.97 Å². The zero-order chi connectivity index (χ0) is 12.2. The van der Waals surface area contributed by atoms with Crippen molar-refractivity contribution in [3.05, 3.63) is 35.9 Å². The van der Waals surface area contributed by atoms with Crippen LogP contribution in [-0.2, 0) is 11.2 Å². The van der Waals surface area contributed by atoms with Crippen LogP contribution >= 0.6 is 0 Å². The summed E-state index contributed by atoms with van der Waals surface area (Å²) in [5.41, 5.74) is 5.93. The maximum atomic E-state index is 11.2. The Hall–Kier alpha value is -1.35. The molecule has 0 aliphatic carbocycles. The van der Waals surface area contributed by atoms with E-state index in [1.54, 1.807) is 0 Å². The Bertz CT molecular complexity index is 350. The molecule has 88 valence electrons. The van der Waals surface area contributed by atoms with Crippen LogP contribution in [0.4, 0.5) is 0 Å². The summed E-state index contributed by atoms with van der Waals surface area (Å²) in [6.45, 7) is 3.71. The summed E-state index contributed by atoms with van der Waals surface area (Å²) in [7, 11) is 0. The Morgan fingerprint density at radius 2 is 2.00 bits per heavy atom. The van der Waals surface area contributed by atoms with Gasteiger partial charge in [0.05, 0.1) is 0 Å². The van der Waals surface area contributed by atoms with E-state index in [0.29, 0.717) is 12.8 Å². The molecule has 16 heavy (non-hydrogen) atoms. The van der Waals surface area contributed by atoms with Crippen molar-refractivity contribution >= 4 is 5.97 Å². The minimum absolute atomic E-state index is 0.0857. The molecule has 3 heteroatoms. The first-order valence-electron chi connectivity index (χ1n) is 5.57. The number of benzene rings is 1. The molecule has 1 aromatic rings. The number of carbonyl (C=O) groups is 1. The molecular weight excluding hydrogens is 202 g/mol. The van der Waals surface area contributed by atoms with E-state index in [1.165, 1.54) is 0 Å². The van der Waals surface area contributed by atoms with Crippen LogP contribution in [0.2, 0.25) is 0 Å². The number of hydrogen-bond acceptors (Lipinski definition) is 2. The van der Waals surface area contributed by atoms with Gasteiger partial charge in [-0.1, -0.05) is 44.2 Å². The van der Waals surface area contributed by atoms with Crippen molar-refractivity contribution in [2.24, 2.45) is 11.7 Å². The molecule has 3 N–H and O–H groups in total. The first kappa shape index (κ1) is 12.7. The summed E-state index contributed by atoms with van der Waals surface area (Å²) in [5, 5.41) is 9.16. The van der Waals surface area contributed by atoms with Crippen molar-refractivity contribution in [1.29, 1.82) is 0 Å². The molecule has 0 spiro atoms.